The molecule has 5 nitrogen and oxygen atoms in total. The molecule has 1 aromatic carbocycles. The zero-order valence-electron chi connectivity index (χ0n) is 8.50. The topological polar surface area (TPSA) is 71.9 Å². The lowest BCUT2D eigenvalue weighted by molar-refractivity contribution is -0.384. The lowest BCUT2D eigenvalue weighted by atomic mass is 10.2. The van der Waals surface area contributed by atoms with Crippen LogP contribution in [0.15, 0.2) is 36.5 Å². The van der Waals surface area contributed by atoms with E-state index in [1.54, 1.807) is 24.4 Å². The van der Waals surface area contributed by atoms with Gasteiger partial charge in [0, 0.05) is 17.3 Å². The molecule has 0 amide bonds. The molecule has 0 aliphatic carbocycles. The van der Waals surface area contributed by atoms with Crippen LogP contribution in [0.25, 0.3) is 5.69 Å². The fourth-order valence-electron chi connectivity index (χ4n) is 1.53. The predicted octanol–water partition coefficient (Wildman–Crippen LogP) is 2.91. The van der Waals surface area contributed by atoms with Crippen molar-refractivity contribution in [3.8, 4) is 11.8 Å². The summed E-state index contributed by atoms with van der Waals surface area (Å²) >= 11 is 5.72. The number of nitriles is 1. The Balaban J connectivity index is 2.68. The first-order chi connectivity index (χ1) is 8.13. The van der Waals surface area contributed by atoms with Crippen molar-refractivity contribution in [3.63, 3.8) is 0 Å². The highest BCUT2D eigenvalue weighted by Gasteiger charge is 2.17. The molecule has 0 aliphatic heterocycles. The number of nitro groups is 1. The molecular weight excluding hydrogens is 242 g/mol. The SMILES string of the molecule is N#Cc1cccn1-c1ccc(Cl)cc1[N+](=O)[O-]. The Labute approximate surface area is 102 Å². The first-order valence-corrected chi connectivity index (χ1v) is 5.03. The maximum Gasteiger partial charge on any atom is 0.294 e. The van der Waals surface area contributed by atoms with E-state index < -0.39 is 4.92 Å². The number of benzene rings is 1. The van der Waals surface area contributed by atoms with Crippen molar-refractivity contribution in [3.05, 3.63) is 57.4 Å². The van der Waals surface area contributed by atoms with Crippen molar-refractivity contribution in [2.75, 3.05) is 0 Å². The van der Waals surface area contributed by atoms with Gasteiger partial charge >= 0.3 is 0 Å². The molecule has 2 aromatic rings. The monoisotopic (exact) mass is 247 g/mol. The first kappa shape index (κ1) is 11.2. The van der Waals surface area contributed by atoms with E-state index in [-0.39, 0.29) is 10.7 Å². The first-order valence-electron chi connectivity index (χ1n) is 4.65. The molecule has 0 aliphatic rings. The molecule has 0 atom stereocenters. The van der Waals surface area contributed by atoms with E-state index in [9.17, 15) is 10.1 Å². The highest BCUT2D eigenvalue weighted by Crippen LogP contribution is 2.27. The highest BCUT2D eigenvalue weighted by atomic mass is 35.5. The van der Waals surface area contributed by atoms with Crippen LogP contribution < -0.4 is 0 Å². The van der Waals surface area contributed by atoms with Crippen LogP contribution in [0.1, 0.15) is 5.69 Å². The summed E-state index contributed by atoms with van der Waals surface area (Å²) in [6.45, 7) is 0. The number of hydrogen-bond acceptors (Lipinski definition) is 3. The summed E-state index contributed by atoms with van der Waals surface area (Å²) in [4.78, 5) is 10.4. The summed E-state index contributed by atoms with van der Waals surface area (Å²) in [5, 5.41) is 20.1. The van der Waals surface area contributed by atoms with Crippen LogP contribution >= 0.6 is 11.6 Å². The fourth-order valence-corrected chi connectivity index (χ4v) is 1.69. The maximum atomic E-state index is 10.9. The van der Waals surface area contributed by atoms with Crippen molar-refractivity contribution in [1.29, 1.82) is 5.26 Å². The summed E-state index contributed by atoms with van der Waals surface area (Å²) < 4.78 is 1.45. The van der Waals surface area contributed by atoms with Crippen molar-refractivity contribution >= 4 is 17.3 Å². The van der Waals surface area contributed by atoms with Crippen LogP contribution in [0.3, 0.4) is 0 Å². The fraction of sp³-hybridized carbons (Fsp3) is 0. The number of halogens is 1. The molecular formula is C11H6ClN3O2. The summed E-state index contributed by atoms with van der Waals surface area (Å²) in [5.74, 6) is 0. The number of hydrogen-bond donors (Lipinski definition) is 0. The second-order valence-electron chi connectivity index (χ2n) is 3.27. The van der Waals surface area contributed by atoms with Crippen LogP contribution in [-0.2, 0) is 0 Å². The van der Waals surface area contributed by atoms with Crippen molar-refractivity contribution in [2.24, 2.45) is 0 Å². The molecule has 0 saturated heterocycles. The van der Waals surface area contributed by atoms with Crippen molar-refractivity contribution in [1.82, 2.24) is 4.57 Å². The molecule has 0 unspecified atom stereocenters. The zero-order chi connectivity index (χ0) is 12.4. The van der Waals surface area contributed by atoms with Gasteiger partial charge in [0.1, 0.15) is 17.5 Å². The molecule has 0 N–H and O–H groups in total. The third kappa shape index (κ3) is 1.98. The van der Waals surface area contributed by atoms with E-state index >= 15 is 0 Å². The molecule has 2 rings (SSSR count). The molecule has 0 spiro atoms. The van der Waals surface area contributed by atoms with Gasteiger partial charge in [0.25, 0.3) is 5.69 Å². The third-order valence-corrected chi connectivity index (χ3v) is 2.49. The van der Waals surface area contributed by atoms with Crippen LogP contribution in [0, 0.1) is 21.4 Å². The van der Waals surface area contributed by atoms with Crippen LogP contribution in [0.4, 0.5) is 5.69 Å². The lowest BCUT2D eigenvalue weighted by Crippen LogP contribution is -2.00. The van der Waals surface area contributed by atoms with Gasteiger partial charge in [0.05, 0.1) is 4.92 Å². The van der Waals surface area contributed by atoms with Gasteiger partial charge in [-0.1, -0.05) is 11.6 Å². The predicted molar refractivity (Wildman–Crippen MR) is 62.1 cm³/mol. The van der Waals surface area contributed by atoms with E-state index in [2.05, 4.69) is 0 Å². The second-order valence-corrected chi connectivity index (χ2v) is 3.70. The Morgan fingerprint density at radius 3 is 2.82 bits per heavy atom. The Morgan fingerprint density at radius 2 is 2.18 bits per heavy atom. The van der Waals surface area contributed by atoms with Gasteiger partial charge in [-0.2, -0.15) is 5.26 Å². The van der Waals surface area contributed by atoms with Crippen molar-refractivity contribution < 1.29 is 4.92 Å². The van der Waals surface area contributed by atoms with Gasteiger partial charge < -0.3 is 4.57 Å². The lowest BCUT2D eigenvalue weighted by Gasteiger charge is -2.05. The minimum Gasteiger partial charge on any atom is -0.302 e. The standard InChI is InChI=1S/C11H6ClN3O2/c12-8-3-4-10(11(6-8)15(16)17)14-5-1-2-9(14)7-13/h1-6H. The van der Waals surface area contributed by atoms with Gasteiger partial charge in [-0.05, 0) is 24.3 Å². The normalized spacial score (nSPS) is 9.88. The average Bonchev–Trinajstić information content (AvgIpc) is 2.76. The van der Waals surface area contributed by atoms with Gasteiger partial charge in [-0.15, -0.1) is 0 Å². The molecule has 0 fully saturated rings. The van der Waals surface area contributed by atoms with E-state index in [1.165, 1.54) is 16.7 Å². The largest absolute Gasteiger partial charge is 0.302 e. The van der Waals surface area contributed by atoms with Gasteiger partial charge in [-0.25, -0.2) is 0 Å². The van der Waals surface area contributed by atoms with E-state index in [0.717, 1.165) is 0 Å². The number of aromatic nitrogens is 1. The van der Waals surface area contributed by atoms with Crippen molar-refractivity contribution in [2.45, 2.75) is 0 Å². The average molecular weight is 248 g/mol. The quantitative estimate of drug-likeness (QED) is 0.605. The van der Waals surface area contributed by atoms with Crippen LogP contribution in [0.5, 0.6) is 0 Å². The smallest absolute Gasteiger partial charge is 0.294 e. The molecule has 1 aromatic heterocycles. The van der Waals surface area contributed by atoms with E-state index in [1.807, 2.05) is 6.07 Å². The van der Waals surface area contributed by atoms with Crippen LogP contribution in [-0.4, -0.2) is 9.49 Å². The minimum absolute atomic E-state index is 0.134. The summed E-state index contributed by atoms with van der Waals surface area (Å²) in [6, 6.07) is 9.52. The third-order valence-electron chi connectivity index (χ3n) is 2.26. The molecule has 84 valence electrons. The van der Waals surface area contributed by atoms with Crippen LogP contribution in [0.2, 0.25) is 5.02 Å². The maximum absolute atomic E-state index is 10.9. The second kappa shape index (κ2) is 4.28. The number of rotatable bonds is 2. The van der Waals surface area contributed by atoms with Gasteiger partial charge in [0.2, 0.25) is 0 Å². The molecule has 0 bridgehead atoms. The Bertz CT molecular complexity index is 628. The summed E-state index contributed by atoms with van der Waals surface area (Å²) in [6.07, 6.45) is 1.59. The van der Waals surface area contributed by atoms with Gasteiger partial charge in [-0.3, -0.25) is 10.1 Å². The van der Waals surface area contributed by atoms with Gasteiger partial charge in [0.15, 0.2) is 0 Å². The zero-order valence-corrected chi connectivity index (χ0v) is 9.26. The van der Waals surface area contributed by atoms with E-state index in [0.29, 0.717) is 11.4 Å². The molecule has 17 heavy (non-hydrogen) atoms. The minimum atomic E-state index is -0.525. The number of nitro benzene ring substituents is 1. The number of nitrogens with zero attached hydrogens (tertiary/aromatic N) is 3. The highest BCUT2D eigenvalue weighted by molar-refractivity contribution is 6.30. The Kier molecular flexibility index (Phi) is 2.81. The Morgan fingerprint density at radius 1 is 1.41 bits per heavy atom. The molecule has 1 heterocycles. The van der Waals surface area contributed by atoms with E-state index in [4.69, 9.17) is 16.9 Å². The summed E-state index contributed by atoms with van der Waals surface area (Å²) in [5.41, 5.74) is 0.515. The molecule has 0 saturated carbocycles. The summed E-state index contributed by atoms with van der Waals surface area (Å²) in [7, 11) is 0. The molecule has 0 radical (unpaired) electrons. The molecule has 6 heteroatoms. The Hall–Kier alpha value is -2.32.